The van der Waals surface area contributed by atoms with Crippen molar-refractivity contribution in [2.45, 2.75) is 6.18 Å². The highest BCUT2D eigenvalue weighted by molar-refractivity contribution is 5.93. The fourth-order valence-electron chi connectivity index (χ4n) is 2.56. The number of carboxylic acid groups (broad SMARTS) is 1. The lowest BCUT2D eigenvalue weighted by molar-refractivity contribution is -0.137. The average Bonchev–Trinajstić information content (AvgIpc) is 2.53. The van der Waals surface area contributed by atoms with E-state index in [9.17, 15) is 27.9 Å². The van der Waals surface area contributed by atoms with Gasteiger partial charge < -0.3 is 5.11 Å². The van der Waals surface area contributed by atoms with Crippen LogP contribution in [0.5, 0.6) is 0 Å². The van der Waals surface area contributed by atoms with Crippen molar-refractivity contribution in [3.63, 3.8) is 0 Å². The smallest absolute Gasteiger partial charge is 0.418 e. The Hall–Kier alpha value is -3.09. The second-order valence-corrected chi connectivity index (χ2v) is 5.08. The van der Waals surface area contributed by atoms with Crippen LogP contribution >= 0.6 is 0 Å². The standard InChI is InChI=1S/C17H10F3NO3/c18-17(19,20)12-6-2-4-8-14(12)21-13-7-3-1-5-10(13)9-11(15(21)22)16(23)24/h1-9H,(H,23,24). The maximum atomic E-state index is 13.3. The van der Waals surface area contributed by atoms with Gasteiger partial charge in [-0.3, -0.25) is 9.36 Å². The molecule has 0 radical (unpaired) electrons. The molecule has 0 aliphatic heterocycles. The second kappa shape index (κ2) is 5.52. The van der Waals surface area contributed by atoms with Gasteiger partial charge in [0.1, 0.15) is 5.56 Å². The topological polar surface area (TPSA) is 59.3 Å². The van der Waals surface area contributed by atoms with E-state index in [4.69, 9.17) is 0 Å². The van der Waals surface area contributed by atoms with Gasteiger partial charge in [-0.05, 0) is 29.7 Å². The first-order valence-corrected chi connectivity index (χ1v) is 6.85. The van der Waals surface area contributed by atoms with Crippen LogP contribution in [0.1, 0.15) is 15.9 Å². The van der Waals surface area contributed by atoms with E-state index in [0.29, 0.717) is 5.39 Å². The number of carbonyl (C=O) groups is 1. The van der Waals surface area contributed by atoms with Gasteiger partial charge in [0.2, 0.25) is 0 Å². The highest BCUT2D eigenvalue weighted by Gasteiger charge is 2.34. The van der Waals surface area contributed by atoms with Crippen LogP contribution in [0.25, 0.3) is 16.6 Å². The summed E-state index contributed by atoms with van der Waals surface area (Å²) in [7, 11) is 0. The average molecular weight is 333 g/mol. The minimum Gasteiger partial charge on any atom is -0.477 e. The molecule has 2 aromatic carbocycles. The molecule has 0 amide bonds. The van der Waals surface area contributed by atoms with Crippen molar-refractivity contribution in [1.82, 2.24) is 4.57 Å². The number of pyridine rings is 1. The van der Waals surface area contributed by atoms with E-state index in [-0.39, 0.29) is 5.52 Å². The minimum atomic E-state index is -4.68. The van der Waals surface area contributed by atoms with Crippen LogP contribution in [0.2, 0.25) is 0 Å². The van der Waals surface area contributed by atoms with Gasteiger partial charge in [-0.1, -0.05) is 30.3 Å². The van der Waals surface area contributed by atoms with Crippen LogP contribution in [0.15, 0.2) is 59.4 Å². The van der Waals surface area contributed by atoms with E-state index >= 15 is 0 Å². The molecule has 0 saturated heterocycles. The predicted octanol–water partition coefficient (Wildman–Crippen LogP) is 3.71. The summed E-state index contributed by atoms with van der Waals surface area (Å²) in [6.45, 7) is 0. The Balaban J connectivity index is 2.50. The third-order valence-corrected chi connectivity index (χ3v) is 3.59. The number of alkyl halides is 3. The quantitative estimate of drug-likeness (QED) is 0.778. The molecule has 122 valence electrons. The van der Waals surface area contributed by atoms with Crippen LogP contribution in [0.3, 0.4) is 0 Å². The second-order valence-electron chi connectivity index (χ2n) is 5.08. The van der Waals surface area contributed by atoms with Gasteiger partial charge in [-0.2, -0.15) is 13.2 Å². The molecule has 0 spiro atoms. The Morgan fingerprint density at radius 2 is 1.62 bits per heavy atom. The van der Waals surface area contributed by atoms with Crippen LogP contribution in [0, 0.1) is 0 Å². The van der Waals surface area contributed by atoms with Gasteiger partial charge in [0.05, 0.1) is 16.8 Å². The number of benzene rings is 2. The van der Waals surface area contributed by atoms with E-state index in [1.807, 2.05) is 0 Å². The molecule has 0 fully saturated rings. The summed E-state index contributed by atoms with van der Waals surface area (Å²) in [5.74, 6) is -1.50. The van der Waals surface area contributed by atoms with Gasteiger partial charge in [-0.25, -0.2) is 4.79 Å². The first kappa shape index (κ1) is 15.8. The lowest BCUT2D eigenvalue weighted by Gasteiger charge is -2.17. The number of para-hydroxylation sites is 2. The zero-order valence-electron chi connectivity index (χ0n) is 12.0. The molecule has 24 heavy (non-hydrogen) atoms. The summed E-state index contributed by atoms with van der Waals surface area (Å²) in [5, 5.41) is 9.54. The lowest BCUT2D eigenvalue weighted by atomic mass is 10.1. The minimum absolute atomic E-state index is 0.198. The molecule has 0 aliphatic carbocycles. The zero-order chi connectivity index (χ0) is 17.5. The van der Waals surface area contributed by atoms with Crippen LogP contribution in [-0.4, -0.2) is 15.6 Å². The molecule has 0 saturated carbocycles. The van der Waals surface area contributed by atoms with E-state index in [1.54, 1.807) is 12.1 Å². The Labute approximate surface area is 133 Å². The number of hydrogen-bond acceptors (Lipinski definition) is 2. The first-order chi connectivity index (χ1) is 11.3. The number of halogens is 3. The molecule has 0 bridgehead atoms. The molecule has 0 aliphatic rings. The van der Waals surface area contributed by atoms with E-state index < -0.39 is 34.5 Å². The maximum absolute atomic E-state index is 13.3. The summed E-state index contributed by atoms with van der Waals surface area (Å²) < 4.78 is 40.7. The summed E-state index contributed by atoms with van der Waals surface area (Å²) in [5.41, 5.74) is -2.83. The largest absolute Gasteiger partial charge is 0.477 e. The fourth-order valence-corrected chi connectivity index (χ4v) is 2.56. The molecule has 0 unspecified atom stereocenters. The van der Waals surface area contributed by atoms with Crippen molar-refractivity contribution in [3.8, 4) is 5.69 Å². The molecule has 4 nitrogen and oxygen atoms in total. The van der Waals surface area contributed by atoms with Crippen molar-refractivity contribution in [3.05, 3.63) is 76.1 Å². The Kier molecular flexibility index (Phi) is 3.63. The van der Waals surface area contributed by atoms with Crippen molar-refractivity contribution < 1.29 is 23.1 Å². The van der Waals surface area contributed by atoms with Crippen molar-refractivity contribution >= 4 is 16.9 Å². The fraction of sp³-hybridized carbons (Fsp3) is 0.0588. The number of hydrogen-bond donors (Lipinski definition) is 1. The van der Waals surface area contributed by atoms with Gasteiger partial charge in [0.25, 0.3) is 5.56 Å². The molecule has 1 heterocycles. The molecule has 1 aromatic heterocycles. The summed E-state index contributed by atoms with van der Waals surface area (Å²) in [6, 6.07) is 11.9. The third kappa shape index (κ3) is 2.54. The highest BCUT2D eigenvalue weighted by atomic mass is 19.4. The number of rotatable bonds is 2. The Morgan fingerprint density at radius 3 is 2.29 bits per heavy atom. The van der Waals surface area contributed by atoms with Gasteiger partial charge >= 0.3 is 12.1 Å². The van der Waals surface area contributed by atoms with Gasteiger partial charge in [-0.15, -0.1) is 0 Å². The Morgan fingerprint density at radius 1 is 1.00 bits per heavy atom. The molecular weight excluding hydrogens is 323 g/mol. The molecule has 0 atom stereocenters. The molecule has 7 heteroatoms. The highest BCUT2D eigenvalue weighted by Crippen LogP contribution is 2.34. The van der Waals surface area contributed by atoms with Crippen molar-refractivity contribution in [2.75, 3.05) is 0 Å². The summed E-state index contributed by atoms with van der Waals surface area (Å²) >= 11 is 0. The normalized spacial score (nSPS) is 11.6. The molecule has 3 aromatic rings. The van der Waals surface area contributed by atoms with E-state index in [0.717, 1.165) is 22.8 Å². The lowest BCUT2D eigenvalue weighted by Crippen LogP contribution is -2.27. The van der Waals surface area contributed by atoms with Gasteiger partial charge in [0, 0.05) is 0 Å². The maximum Gasteiger partial charge on any atom is 0.418 e. The first-order valence-electron chi connectivity index (χ1n) is 6.85. The van der Waals surface area contributed by atoms with Crippen LogP contribution < -0.4 is 5.56 Å². The zero-order valence-corrected chi connectivity index (χ0v) is 12.0. The number of nitrogens with zero attached hydrogens (tertiary/aromatic N) is 1. The van der Waals surface area contributed by atoms with Gasteiger partial charge in [0.15, 0.2) is 0 Å². The number of carboxylic acids is 1. The number of aromatic carboxylic acids is 1. The van der Waals surface area contributed by atoms with Crippen LogP contribution in [-0.2, 0) is 6.18 Å². The molecule has 1 N–H and O–H groups in total. The number of aromatic nitrogens is 1. The number of fused-ring (bicyclic) bond motifs is 1. The van der Waals surface area contributed by atoms with E-state index in [1.165, 1.54) is 24.3 Å². The van der Waals surface area contributed by atoms with E-state index in [2.05, 4.69) is 0 Å². The third-order valence-electron chi connectivity index (χ3n) is 3.59. The predicted molar refractivity (Wildman–Crippen MR) is 81.5 cm³/mol. The van der Waals surface area contributed by atoms with Crippen molar-refractivity contribution in [1.29, 1.82) is 0 Å². The SMILES string of the molecule is O=C(O)c1cc2ccccc2n(-c2ccccc2C(F)(F)F)c1=O. The molecule has 3 rings (SSSR count). The van der Waals surface area contributed by atoms with Crippen molar-refractivity contribution in [2.24, 2.45) is 0 Å². The molecular formula is C17H10F3NO3. The summed E-state index contributed by atoms with van der Waals surface area (Å²) in [6.07, 6.45) is -4.68. The summed E-state index contributed by atoms with van der Waals surface area (Å²) in [4.78, 5) is 23.8. The monoisotopic (exact) mass is 333 g/mol. The van der Waals surface area contributed by atoms with Crippen LogP contribution in [0.4, 0.5) is 13.2 Å². The Bertz CT molecular complexity index is 1010.